The highest BCUT2D eigenvalue weighted by molar-refractivity contribution is 5.99. The van der Waals surface area contributed by atoms with Gasteiger partial charge in [0.05, 0.1) is 29.6 Å². The van der Waals surface area contributed by atoms with E-state index in [4.69, 9.17) is 9.72 Å². The van der Waals surface area contributed by atoms with Crippen LogP contribution < -0.4 is 0 Å². The number of rotatable bonds is 4. The van der Waals surface area contributed by atoms with Crippen molar-refractivity contribution < 1.29 is 4.74 Å². The van der Waals surface area contributed by atoms with E-state index in [1.54, 1.807) is 0 Å². The number of H-pyrrole nitrogens is 2. The Morgan fingerprint density at radius 2 is 1.86 bits per heavy atom. The third kappa shape index (κ3) is 3.54. The molecule has 7 rings (SSSR count). The van der Waals surface area contributed by atoms with Crippen LogP contribution in [0.3, 0.4) is 0 Å². The van der Waals surface area contributed by atoms with Crippen LogP contribution in [-0.4, -0.2) is 61.3 Å². The lowest BCUT2D eigenvalue weighted by molar-refractivity contribution is 0.0343. The van der Waals surface area contributed by atoms with Crippen LogP contribution in [0.5, 0.6) is 0 Å². The van der Waals surface area contributed by atoms with Gasteiger partial charge in [-0.15, -0.1) is 0 Å². The van der Waals surface area contributed by atoms with E-state index in [2.05, 4.69) is 66.4 Å². The molecule has 2 N–H and O–H groups in total. The molecule has 8 nitrogen and oxygen atoms in total. The van der Waals surface area contributed by atoms with Crippen molar-refractivity contribution in [2.75, 3.05) is 26.3 Å². The first kappa shape index (κ1) is 20.3. The minimum atomic E-state index is 0.728. The van der Waals surface area contributed by atoms with E-state index >= 15 is 0 Å². The largest absolute Gasteiger partial charge is 0.379 e. The van der Waals surface area contributed by atoms with Crippen molar-refractivity contribution in [1.82, 2.24) is 35.0 Å². The number of benzene rings is 2. The second-order valence-electron chi connectivity index (χ2n) is 8.89. The average molecular weight is 462 g/mol. The van der Waals surface area contributed by atoms with Crippen molar-refractivity contribution in [2.24, 2.45) is 0 Å². The summed E-state index contributed by atoms with van der Waals surface area (Å²) in [5.41, 5.74) is 6.71. The van der Waals surface area contributed by atoms with Gasteiger partial charge in [-0.2, -0.15) is 5.10 Å². The smallest absolute Gasteiger partial charge is 0.159 e. The molecule has 172 valence electrons. The molecule has 0 spiro atoms. The highest BCUT2D eigenvalue weighted by Gasteiger charge is 2.18. The number of nitrogens with zero attached hydrogens (tertiary/aromatic N) is 5. The van der Waals surface area contributed by atoms with Gasteiger partial charge < -0.3 is 9.72 Å². The molecule has 2 aromatic carbocycles. The Kier molecular flexibility index (Phi) is 4.78. The van der Waals surface area contributed by atoms with Gasteiger partial charge in [-0.25, -0.2) is 9.97 Å². The fourth-order valence-electron chi connectivity index (χ4n) is 4.91. The number of ether oxygens (including phenoxy) is 1. The molecule has 0 aliphatic carbocycles. The summed E-state index contributed by atoms with van der Waals surface area (Å²) in [5.74, 6) is 0.732. The second kappa shape index (κ2) is 8.26. The maximum Gasteiger partial charge on any atom is 0.159 e. The molecule has 1 saturated heterocycles. The Morgan fingerprint density at radius 1 is 0.943 bits per heavy atom. The molecule has 8 heteroatoms. The molecule has 0 unspecified atom stereocenters. The quantitative estimate of drug-likeness (QED) is 0.400. The standard InChI is InChI=1S/C27H23N7O/c1-2-6-20-17(4-1)13-28-15-22(20)19-12-21-25(32-33-26(21)29-14-19)27-30-23-7-3-5-18(24(23)31-27)16-34-8-10-35-11-9-34/h1-7,12-15H,8-11,16H2,(H,30,31)(H,29,32,33). The van der Waals surface area contributed by atoms with Crippen LogP contribution >= 0.6 is 0 Å². The summed E-state index contributed by atoms with van der Waals surface area (Å²) in [7, 11) is 0. The lowest BCUT2D eigenvalue weighted by Crippen LogP contribution is -2.35. The molecule has 0 radical (unpaired) electrons. The zero-order valence-corrected chi connectivity index (χ0v) is 19.0. The number of hydrogen-bond donors (Lipinski definition) is 2. The van der Waals surface area contributed by atoms with Crippen LogP contribution in [0.1, 0.15) is 5.56 Å². The molecule has 0 saturated carbocycles. The Hall–Kier alpha value is -4.14. The fraction of sp³-hybridized carbons (Fsp3) is 0.185. The Balaban J connectivity index is 1.32. The number of fused-ring (bicyclic) bond motifs is 3. The van der Waals surface area contributed by atoms with Crippen LogP contribution in [0.15, 0.2) is 67.1 Å². The monoisotopic (exact) mass is 461 g/mol. The first-order chi connectivity index (χ1) is 17.3. The van der Waals surface area contributed by atoms with E-state index in [1.807, 2.05) is 30.7 Å². The maximum absolute atomic E-state index is 5.50. The van der Waals surface area contributed by atoms with Crippen LogP contribution in [0.4, 0.5) is 0 Å². The summed E-state index contributed by atoms with van der Waals surface area (Å²) in [6.45, 7) is 4.29. The van der Waals surface area contributed by atoms with E-state index in [9.17, 15) is 0 Å². The van der Waals surface area contributed by atoms with E-state index in [0.717, 1.165) is 88.3 Å². The van der Waals surface area contributed by atoms with Gasteiger partial charge in [0.2, 0.25) is 0 Å². The summed E-state index contributed by atoms with van der Waals surface area (Å²) < 4.78 is 5.50. The average Bonchev–Trinajstić information content (AvgIpc) is 3.53. The number of morpholine rings is 1. The molecular formula is C27H23N7O. The summed E-state index contributed by atoms with van der Waals surface area (Å²) in [6, 6.07) is 16.7. The summed E-state index contributed by atoms with van der Waals surface area (Å²) in [5, 5.41) is 10.8. The summed E-state index contributed by atoms with van der Waals surface area (Å²) >= 11 is 0. The third-order valence-electron chi connectivity index (χ3n) is 6.71. The molecule has 4 aromatic heterocycles. The first-order valence-corrected chi connectivity index (χ1v) is 11.8. The SMILES string of the molecule is c1ccc2c(-c3cnc4[nH]nc(-c5nc6c(CN7CCOCC7)cccc6[nH]5)c4c3)cncc2c1. The maximum atomic E-state index is 5.50. The Labute approximate surface area is 201 Å². The van der Waals surface area contributed by atoms with Crippen LogP contribution in [0.2, 0.25) is 0 Å². The number of aromatic nitrogens is 6. The zero-order valence-electron chi connectivity index (χ0n) is 19.0. The van der Waals surface area contributed by atoms with Gasteiger partial charge in [0.15, 0.2) is 11.5 Å². The van der Waals surface area contributed by atoms with Crippen molar-refractivity contribution in [3.05, 3.63) is 72.7 Å². The number of aromatic amines is 2. The molecular weight excluding hydrogens is 438 g/mol. The van der Waals surface area contributed by atoms with Crippen LogP contribution in [0, 0.1) is 0 Å². The molecule has 35 heavy (non-hydrogen) atoms. The van der Waals surface area contributed by atoms with Gasteiger partial charge in [0, 0.05) is 54.7 Å². The first-order valence-electron chi connectivity index (χ1n) is 11.8. The van der Waals surface area contributed by atoms with Gasteiger partial charge in [-0.05, 0) is 23.1 Å². The predicted molar refractivity (Wildman–Crippen MR) is 136 cm³/mol. The summed E-state index contributed by atoms with van der Waals surface area (Å²) in [6.07, 6.45) is 5.65. The summed E-state index contributed by atoms with van der Waals surface area (Å²) in [4.78, 5) is 20.0. The minimum absolute atomic E-state index is 0.728. The van der Waals surface area contributed by atoms with Gasteiger partial charge in [-0.1, -0.05) is 36.4 Å². The van der Waals surface area contributed by atoms with Gasteiger partial charge in [-0.3, -0.25) is 15.0 Å². The molecule has 0 amide bonds. The molecule has 0 atom stereocenters. The van der Waals surface area contributed by atoms with Gasteiger partial charge in [0.1, 0.15) is 5.69 Å². The van der Waals surface area contributed by atoms with Crippen molar-refractivity contribution in [3.63, 3.8) is 0 Å². The second-order valence-corrected chi connectivity index (χ2v) is 8.89. The Bertz CT molecular complexity index is 1670. The fourth-order valence-corrected chi connectivity index (χ4v) is 4.91. The number of hydrogen-bond acceptors (Lipinski definition) is 6. The highest BCUT2D eigenvalue weighted by atomic mass is 16.5. The molecule has 1 fully saturated rings. The van der Waals surface area contributed by atoms with Crippen molar-refractivity contribution in [3.8, 4) is 22.6 Å². The van der Waals surface area contributed by atoms with Crippen LogP contribution in [-0.2, 0) is 11.3 Å². The topological polar surface area (TPSA) is 95.6 Å². The number of para-hydroxylation sites is 1. The van der Waals surface area contributed by atoms with Crippen LogP contribution in [0.25, 0.3) is 55.5 Å². The molecule has 6 aromatic rings. The van der Waals surface area contributed by atoms with E-state index in [1.165, 1.54) is 5.56 Å². The Morgan fingerprint density at radius 3 is 2.80 bits per heavy atom. The molecule has 1 aliphatic rings. The highest BCUT2D eigenvalue weighted by Crippen LogP contribution is 2.32. The van der Waals surface area contributed by atoms with Crippen molar-refractivity contribution in [1.29, 1.82) is 0 Å². The van der Waals surface area contributed by atoms with Crippen molar-refractivity contribution >= 4 is 32.8 Å². The van der Waals surface area contributed by atoms with E-state index < -0.39 is 0 Å². The number of imidazole rings is 1. The molecule has 0 bridgehead atoms. The van der Waals surface area contributed by atoms with Gasteiger partial charge >= 0.3 is 0 Å². The van der Waals surface area contributed by atoms with Gasteiger partial charge in [0.25, 0.3) is 0 Å². The van der Waals surface area contributed by atoms with Crippen molar-refractivity contribution in [2.45, 2.75) is 6.54 Å². The molecule has 5 heterocycles. The third-order valence-corrected chi connectivity index (χ3v) is 6.71. The normalized spacial score (nSPS) is 14.9. The molecule has 1 aliphatic heterocycles. The number of nitrogens with one attached hydrogen (secondary N) is 2. The van der Waals surface area contributed by atoms with E-state index in [-0.39, 0.29) is 0 Å². The lowest BCUT2D eigenvalue weighted by Gasteiger charge is -2.26. The number of pyridine rings is 2. The minimum Gasteiger partial charge on any atom is -0.379 e. The van der Waals surface area contributed by atoms with E-state index in [0.29, 0.717) is 0 Å². The zero-order chi connectivity index (χ0) is 23.2. The lowest BCUT2D eigenvalue weighted by atomic mass is 10.0. The predicted octanol–water partition coefficient (Wildman–Crippen LogP) is 4.55.